The van der Waals surface area contributed by atoms with E-state index in [9.17, 15) is 0 Å². The van der Waals surface area contributed by atoms with Gasteiger partial charge in [0.05, 0.1) is 28.1 Å². The third kappa shape index (κ3) is 7.23. The predicted molar refractivity (Wildman–Crippen MR) is 361 cm³/mol. The average Bonchev–Trinajstić information content (AvgIpc) is 0.813. The molecule has 0 spiro atoms. The van der Waals surface area contributed by atoms with Gasteiger partial charge in [0.2, 0.25) is 0 Å². The molecule has 86 heavy (non-hydrogen) atoms. The van der Waals surface area contributed by atoms with Crippen LogP contribution in [0.4, 0.5) is 68.2 Å². The van der Waals surface area contributed by atoms with Gasteiger partial charge in [0, 0.05) is 85.3 Å². The second-order valence-electron chi connectivity index (χ2n) is 22.7. The Balaban J connectivity index is 0.949. The largest absolute Gasteiger partial charge is 0.458 e. The molecule has 0 fully saturated rings. The van der Waals surface area contributed by atoms with Crippen LogP contribution in [0.1, 0.15) is 0 Å². The number of nitrogens with zero attached hydrogens (tertiary/aromatic N) is 5. The molecule has 4 aliphatic heterocycles. The molecular weight excluding hydrogens is 1040 g/mol. The van der Waals surface area contributed by atoms with E-state index in [2.05, 4.69) is 334 Å². The first-order chi connectivity index (χ1) is 42.7. The number of aromatic nitrogens is 1. The van der Waals surface area contributed by atoms with Crippen LogP contribution in [0.2, 0.25) is 0 Å². The third-order valence-electron chi connectivity index (χ3n) is 18.1. The highest BCUT2D eigenvalue weighted by Gasteiger charge is 2.48. The molecule has 0 amide bonds. The Hall–Kier alpha value is -11.2. The molecule has 0 bridgehead atoms. The van der Waals surface area contributed by atoms with E-state index < -0.39 is 0 Å². The summed E-state index contributed by atoms with van der Waals surface area (Å²) in [5.41, 5.74) is 25.9. The van der Waals surface area contributed by atoms with Gasteiger partial charge in [-0.1, -0.05) is 200 Å². The van der Waals surface area contributed by atoms with Crippen molar-refractivity contribution in [2.45, 2.75) is 0 Å². The topological polar surface area (TPSA) is 27.1 Å². The van der Waals surface area contributed by atoms with Crippen LogP contribution in [-0.2, 0) is 0 Å². The van der Waals surface area contributed by atoms with Crippen molar-refractivity contribution < 1.29 is 4.74 Å². The molecule has 0 aliphatic carbocycles. The molecule has 0 N–H and O–H groups in total. The Kier molecular flexibility index (Phi) is 10.8. The summed E-state index contributed by atoms with van der Waals surface area (Å²) in [5, 5.41) is 2.43. The fourth-order valence-electron chi connectivity index (χ4n) is 14.7. The molecule has 0 unspecified atom stereocenters. The van der Waals surface area contributed by atoms with Gasteiger partial charge >= 0.3 is 0 Å². The lowest BCUT2D eigenvalue weighted by Crippen LogP contribution is -2.64. The van der Waals surface area contributed by atoms with Crippen molar-refractivity contribution in [2.75, 3.05) is 19.6 Å². The Morgan fingerprint density at radius 3 is 1.34 bits per heavy atom. The molecule has 18 rings (SSSR count). The molecule has 8 heteroatoms. The van der Waals surface area contributed by atoms with Crippen LogP contribution in [-0.4, -0.2) is 18.0 Å². The number of hydrogen-bond acceptors (Lipinski definition) is 5. The summed E-state index contributed by atoms with van der Waals surface area (Å²) >= 11 is 0. The lowest BCUT2D eigenvalue weighted by atomic mass is 9.30. The zero-order chi connectivity index (χ0) is 56.4. The van der Waals surface area contributed by atoms with Crippen LogP contribution in [0.25, 0.3) is 38.6 Å². The minimum atomic E-state index is -0.175. The number of ether oxygens (including phenoxy) is 1. The van der Waals surface area contributed by atoms with E-state index in [4.69, 9.17) is 4.74 Å². The third-order valence-corrected chi connectivity index (χ3v) is 18.1. The number of fused-ring (bicyclic) bond motifs is 11. The Morgan fingerprint density at radius 2 is 0.744 bits per heavy atom. The molecule has 14 aromatic rings. The summed E-state index contributed by atoms with van der Waals surface area (Å²) in [7, 11) is 0. The standard InChI is InChI=1S/C78H51B2N5O/c1-6-26-52(27-7-1)59-36-16-21-41-66(59)85-71-51-75-65(80-63-40-20-25-45-70(63)83(56-34-14-5-15-35-56)74-48-58(49-76(86-75)78(74)80)84-67-42-22-17-37-60(67)61-38-18-23-43-68(61)84)50-64(71)79-62-39-19-24-44-69(62)82(55-32-12-4-13-33-55)72-46-57(47-73(85)77(72)79)81(53-28-8-2-9-29-53)54-30-10-3-11-31-54/h1-51H. The second kappa shape index (κ2) is 19.2. The number of benzene rings is 13. The van der Waals surface area contributed by atoms with Crippen molar-refractivity contribution in [1.82, 2.24) is 4.57 Å². The average molecular weight is 1100 g/mol. The fourth-order valence-corrected chi connectivity index (χ4v) is 14.7. The molecular formula is C78H51B2N5O. The van der Waals surface area contributed by atoms with Crippen LogP contribution in [0.15, 0.2) is 309 Å². The fraction of sp³-hybridized carbons (Fsp3) is 0. The van der Waals surface area contributed by atoms with Gasteiger partial charge in [-0.2, -0.15) is 0 Å². The van der Waals surface area contributed by atoms with E-state index >= 15 is 0 Å². The van der Waals surface area contributed by atoms with Crippen molar-refractivity contribution in [3.05, 3.63) is 309 Å². The van der Waals surface area contributed by atoms with Crippen molar-refractivity contribution in [3.63, 3.8) is 0 Å². The van der Waals surface area contributed by atoms with Crippen molar-refractivity contribution >= 4 is 136 Å². The molecule has 13 aromatic carbocycles. The van der Waals surface area contributed by atoms with Crippen LogP contribution in [0.3, 0.4) is 0 Å². The van der Waals surface area contributed by atoms with E-state index in [0.29, 0.717) is 0 Å². The van der Waals surface area contributed by atoms with Crippen LogP contribution in [0.5, 0.6) is 11.5 Å². The molecule has 4 aliphatic rings. The van der Waals surface area contributed by atoms with E-state index in [1.165, 1.54) is 32.6 Å². The summed E-state index contributed by atoms with van der Waals surface area (Å²) in [6, 6.07) is 113. The monoisotopic (exact) mass is 1100 g/mol. The van der Waals surface area contributed by atoms with Crippen molar-refractivity contribution in [1.29, 1.82) is 0 Å². The second-order valence-corrected chi connectivity index (χ2v) is 22.7. The summed E-state index contributed by atoms with van der Waals surface area (Å²) in [5.74, 6) is 1.67. The van der Waals surface area contributed by atoms with Gasteiger partial charge < -0.3 is 28.9 Å². The molecule has 0 radical (unpaired) electrons. The normalized spacial score (nSPS) is 13.1. The Morgan fingerprint density at radius 1 is 0.279 bits per heavy atom. The first-order valence-electron chi connectivity index (χ1n) is 29.6. The lowest BCUT2D eigenvalue weighted by Gasteiger charge is -2.46. The van der Waals surface area contributed by atoms with E-state index in [-0.39, 0.29) is 13.4 Å². The first kappa shape index (κ1) is 48.3. The highest BCUT2D eigenvalue weighted by molar-refractivity contribution is 7.02. The maximum atomic E-state index is 7.78. The van der Waals surface area contributed by atoms with Crippen LogP contribution < -0.4 is 57.1 Å². The quantitative estimate of drug-likeness (QED) is 0.141. The number of rotatable bonds is 8. The van der Waals surface area contributed by atoms with Crippen molar-refractivity contribution in [3.8, 4) is 28.3 Å². The Labute approximate surface area is 500 Å². The molecule has 0 saturated carbocycles. The van der Waals surface area contributed by atoms with E-state index in [0.717, 1.165) is 119 Å². The summed E-state index contributed by atoms with van der Waals surface area (Å²) < 4.78 is 10.2. The minimum absolute atomic E-state index is 0.171. The van der Waals surface area contributed by atoms with E-state index in [1.54, 1.807) is 0 Å². The SMILES string of the molecule is c1ccc(-c2ccccc2N2c3cc4c(cc3B3c5ccccc5N(c5ccccc5)c5cc(N(c6ccccc6)c6ccccc6)cc2c53)B2c3ccccc3N(c3ccccc3)c3cc(-n5c6ccccc6c6ccccc65)cc(c32)O4)cc1. The maximum absolute atomic E-state index is 7.78. The minimum Gasteiger partial charge on any atom is -0.458 e. The number of anilines is 12. The highest BCUT2D eigenvalue weighted by atomic mass is 16.5. The van der Waals surface area contributed by atoms with Crippen LogP contribution >= 0.6 is 0 Å². The molecule has 1 aromatic heterocycles. The van der Waals surface area contributed by atoms with Crippen LogP contribution in [0, 0.1) is 0 Å². The molecule has 400 valence electrons. The van der Waals surface area contributed by atoms with Gasteiger partial charge in [0.15, 0.2) is 0 Å². The molecule has 6 nitrogen and oxygen atoms in total. The highest BCUT2D eigenvalue weighted by Crippen LogP contribution is 2.51. The zero-order valence-electron chi connectivity index (χ0n) is 46.7. The maximum Gasteiger partial charge on any atom is 0.256 e. The van der Waals surface area contributed by atoms with Gasteiger partial charge in [-0.15, -0.1) is 0 Å². The van der Waals surface area contributed by atoms with Gasteiger partial charge in [-0.3, -0.25) is 0 Å². The zero-order valence-corrected chi connectivity index (χ0v) is 46.7. The molecule has 5 heterocycles. The number of hydrogen-bond donors (Lipinski definition) is 0. The van der Waals surface area contributed by atoms with Gasteiger partial charge in [0.1, 0.15) is 11.5 Å². The van der Waals surface area contributed by atoms with Gasteiger partial charge in [-0.05, 0) is 135 Å². The lowest BCUT2D eigenvalue weighted by molar-refractivity contribution is 0.487. The van der Waals surface area contributed by atoms with Gasteiger partial charge in [-0.25, -0.2) is 0 Å². The van der Waals surface area contributed by atoms with E-state index in [1.807, 2.05) is 0 Å². The molecule has 0 saturated heterocycles. The summed E-state index contributed by atoms with van der Waals surface area (Å²) in [6.45, 7) is -0.346. The molecule has 0 atom stereocenters. The summed E-state index contributed by atoms with van der Waals surface area (Å²) in [6.07, 6.45) is 0. The van der Waals surface area contributed by atoms with Crippen molar-refractivity contribution in [2.24, 2.45) is 0 Å². The first-order valence-corrected chi connectivity index (χ1v) is 29.6. The predicted octanol–water partition coefficient (Wildman–Crippen LogP) is 16.4. The smallest absolute Gasteiger partial charge is 0.256 e. The van der Waals surface area contributed by atoms with Gasteiger partial charge in [0.25, 0.3) is 13.4 Å². The summed E-state index contributed by atoms with van der Waals surface area (Å²) in [4.78, 5) is 9.93. The Bertz CT molecular complexity index is 4930. The number of para-hydroxylation sites is 9.